The Kier molecular flexibility index (Phi) is 4.71. The van der Waals surface area contributed by atoms with Crippen molar-refractivity contribution < 1.29 is 9.47 Å². The molecule has 2 nitrogen and oxygen atoms in total. The predicted molar refractivity (Wildman–Crippen MR) is 90.8 cm³/mol. The van der Waals surface area contributed by atoms with Gasteiger partial charge in [-0.05, 0) is 18.2 Å². The van der Waals surface area contributed by atoms with E-state index in [4.69, 9.17) is 21.1 Å². The van der Waals surface area contributed by atoms with Crippen LogP contribution in [0.5, 0.6) is 0 Å². The topological polar surface area (TPSA) is 18.5 Å². The van der Waals surface area contributed by atoms with Gasteiger partial charge in [-0.15, -0.1) is 0 Å². The molecule has 0 aromatic heterocycles. The summed E-state index contributed by atoms with van der Waals surface area (Å²) < 4.78 is 13.2. The van der Waals surface area contributed by atoms with E-state index in [-0.39, 0.29) is 6.10 Å². The molecule has 0 spiro atoms. The first-order valence-electron chi connectivity index (χ1n) is 6.53. The predicted octanol–water partition coefficient (Wildman–Crippen LogP) is 5.44. The van der Waals surface area contributed by atoms with E-state index in [0.29, 0.717) is 17.0 Å². The summed E-state index contributed by atoms with van der Waals surface area (Å²) in [5.74, 6) is -0.773. The number of hydrogen-bond acceptors (Lipinski definition) is 2. The first-order valence-corrected chi connectivity index (χ1v) is 8.82. The zero-order valence-corrected chi connectivity index (χ0v) is 15.0. The molecule has 1 aliphatic heterocycles. The van der Waals surface area contributed by atoms with Crippen LogP contribution < -0.4 is 0 Å². The van der Waals surface area contributed by atoms with Crippen LogP contribution in [0.3, 0.4) is 0 Å². The molecule has 1 fully saturated rings. The van der Waals surface area contributed by atoms with Gasteiger partial charge in [0, 0.05) is 20.6 Å². The van der Waals surface area contributed by atoms with Crippen molar-refractivity contribution in [1.82, 2.24) is 0 Å². The van der Waals surface area contributed by atoms with Crippen molar-refractivity contribution >= 4 is 43.5 Å². The summed E-state index contributed by atoms with van der Waals surface area (Å²) in [6, 6.07) is 15.7. The number of alkyl halides is 1. The number of benzene rings is 2. The second-order valence-corrected chi connectivity index (χ2v) is 6.72. The Morgan fingerprint density at radius 1 is 1.14 bits per heavy atom. The minimum absolute atomic E-state index is 0.167. The SMILES string of the molecule is Clc1ccccc1[C@H]1CO[C@](CBr)(c2ccc(Br)cc2)O1. The van der Waals surface area contributed by atoms with Crippen molar-refractivity contribution in [3.8, 4) is 0 Å². The van der Waals surface area contributed by atoms with Gasteiger partial charge in [0.1, 0.15) is 6.10 Å². The van der Waals surface area contributed by atoms with Crippen LogP contribution in [0.15, 0.2) is 53.0 Å². The fourth-order valence-electron chi connectivity index (χ4n) is 2.40. The number of ether oxygens (including phenoxy) is 2. The van der Waals surface area contributed by atoms with Gasteiger partial charge in [0.2, 0.25) is 5.79 Å². The van der Waals surface area contributed by atoms with E-state index in [2.05, 4.69) is 31.9 Å². The van der Waals surface area contributed by atoms with Crippen LogP contribution in [0, 0.1) is 0 Å². The Hall–Kier alpha value is -0.390. The molecule has 0 N–H and O–H groups in total. The maximum atomic E-state index is 6.25. The molecular formula is C16H13Br2ClO2. The summed E-state index contributed by atoms with van der Waals surface area (Å²) >= 11 is 13.2. The van der Waals surface area contributed by atoms with E-state index in [9.17, 15) is 0 Å². The highest BCUT2D eigenvalue weighted by Gasteiger charge is 2.43. The van der Waals surface area contributed by atoms with Gasteiger partial charge >= 0.3 is 0 Å². The van der Waals surface area contributed by atoms with Crippen LogP contribution in [0.4, 0.5) is 0 Å². The molecule has 1 saturated heterocycles. The van der Waals surface area contributed by atoms with E-state index in [1.165, 1.54) is 0 Å². The summed E-state index contributed by atoms with van der Waals surface area (Å²) in [4.78, 5) is 0. The number of rotatable bonds is 3. The molecule has 2 aromatic rings. The summed E-state index contributed by atoms with van der Waals surface area (Å²) in [7, 11) is 0. The Bertz CT molecular complexity index is 632. The Labute approximate surface area is 145 Å². The van der Waals surface area contributed by atoms with Crippen LogP contribution in [0.1, 0.15) is 17.2 Å². The summed E-state index contributed by atoms with van der Waals surface area (Å²) in [6.45, 7) is 0.478. The van der Waals surface area contributed by atoms with E-state index in [1.54, 1.807) is 0 Å². The van der Waals surface area contributed by atoms with Gasteiger partial charge in [-0.3, -0.25) is 0 Å². The molecule has 0 aliphatic carbocycles. The Balaban J connectivity index is 1.90. The van der Waals surface area contributed by atoms with Gasteiger partial charge in [0.05, 0.1) is 11.9 Å². The first-order chi connectivity index (χ1) is 10.1. The lowest BCUT2D eigenvalue weighted by Crippen LogP contribution is -2.29. The van der Waals surface area contributed by atoms with Crippen molar-refractivity contribution in [1.29, 1.82) is 0 Å². The molecule has 0 unspecified atom stereocenters. The molecule has 5 heteroatoms. The zero-order chi connectivity index (χ0) is 14.9. The van der Waals surface area contributed by atoms with Gasteiger partial charge in [0.15, 0.2) is 0 Å². The highest BCUT2D eigenvalue weighted by molar-refractivity contribution is 9.10. The largest absolute Gasteiger partial charge is 0.342 e. The molecule has 2 atom stereocenters. The van der Waals surface area contributed by atoms with Gasteiger partial charge in [0.25, 0.3) is 0 Å². The Morgan fingerprint density at radius 2 is 1.86 bits per heavy atom. The van der Waals surface area contributed by atoms with E-state index >= 15 is 0 Å². The van der Waals surface area contributed by atoms with E-state index in [0.717, 1.165) is 15.6 Å². The molecule has 3 rings (SSSR count). The fraction of sp³-hybridized carbons (Fsp3) is 0.250. The lowest BCUT2D eigenvalue weighted by Gasteiger charge is -2.26. The van der Waals surface area contributed by atoms with Crippen molar-refractivity contribution in [3.63, 3.8) is 0 Å². The average molecular weight is 433 g/mol. The summed E-state index contributed by atoms with van der Waals surface area (Å²) in [5, 5.41) is 1.26. The van der Waals surface area contributed by atoms with Crippen LogP contribution in [-0.4, -0.2) is 11.9 Å². The van der Waals surface area contributed by atoms with Gasteiger partial charge in [-0.25, -0.2) is 0 Å². The molecule has 110 valence electrons. The minimum atomic E-state index is -0.773. The Morgan fingerprint density at radius 3 is 2.52 bits per heavy atom. The third-order valence-electron chi connectivity index (χ3n) is 3.51. The second kappa shape index (κ2) is 6.39. The molecule has 0 saturated carbocycles. The molecule has 21 heavy (non-hydrogen) atoms. The van der Waals surface area contributed by atoms with Crippen LogP contribution in [-0.2, 0) is 15.3 Å². The lowest BCUT2D eigenvalue weighted by molar-refractivity contribution is -0.157. The van der Waals surface area contributed by atoms with Gasteiger partial charge in [-0.1, -0.05) is 73.8 Å². The third kappa shape index (κ3) is 3.06. The van der Waals surface area contributed by atoms with Crippen LogP contribution in [0.25, 0.3) is 0 Å². The molecular weight excluding hydrogens is 419 g/mol. The van der Waals surface area contributed by atoms with E-state index < -0.39 is 5.79 Å². The van der Waals surface area contributed by atoms with Crippen molar-refractivity contribution in [2.45, 2.75) is 11.9 Å². The number of hydrogen-bond donors (Lipinski definition) is 0. The van der Waals surface area contributed by atoms with Crippen molar-refractivity contribution in [2.24, 2.45) is 0 Å². The zero-order valence-electron chi connectivity index (χ0n) is 11.1. The fourth-order valence-corrected chi connectivity index (χ4v) is 3.54. The lowest BCUT2D eigenvalue weighted by atomic mass is 10.1. The van der Waals surface area contributed by atoms with Crippen LogP contribution >= 0.6 is 43.5 Å². The quantitative estimate of drug-likeness (QED) is 0.602. The molecule has 2 aromatic carbocycles. The maximum Gasteiger partial charge on any atom is 0.205 e. The average Bonchev–Trinajstić information content (AvgIpc) is 2.94. The molecule has 0 amide bonds. The smallest absolute Gasteiger partial charge is 0.205 e. The second-order valence-electron chi connectivity index (χ2n) is 4.83. The van der Waals surface area contributed by atoms with Crippen molar-refractivity contribution in [2.75, 3.05) is 11.9 Å². The summed E-state index contributed by atoms with van der Waals surface area (Å²) in [6.07, 6.45) is -0.167. The molecule has 0 radical (unpaired) electrons. The van der Waals surface area contributed by atoms with Crippen LogP contribution in [0.2, 0.25) is 5.02 Å². The highest BCUT2D eigenvalue weighted by atomic mass is 79.9. The molecule has 1 heterocycles. The minimum Gasteiger partial charge on any atom is -0.342 e. The third-order valence-corrected chi connectivity index (χ3v) is 5.12. The van der Waals surface area contributed by atoms with E-state index in [1.807, 2.05) is 48.5 Å². The molecule has 0 bridgehead atoms. The monoisotopic (exact) mass is 430 g/mol. The summed E-state index contributed by atoms with van der Waals surface area (Å²) in [5.41, 5.74) is 1.94. The normalized spacial score (nSPS) is 25.2. The maximum absolute atomic E-state index is 6.25. The van der Waals surface area contributed by atoms with Crippen molar-refractivity contribution in [3.05, 3.63) is 69.2 Å². The standard InChI is InChI=1S/C16H13Br2ClO2/c17-10-16(11-5-7-12(18)8-6-11)20-9-15(21-16)13-3-1-2-4-14(13)19/h1-8,15H,9-10H2/t15-,16+/m1/s1. The first kappa shape index (κ1) is 15.5. The number of halogens is 3. The highest BCUT2D eigenvalue weighted by Crippen LogP contribution is 2.43. The van der Waals surface area contributed by atoms with Gasteiger partial charge < -0.3 is 9.47 Å². The molecule has 1 aliphatic rings. The van der Waals surface area contributed by atoms with Gasteiger partial charge in [-0.2, -0.15) is 0 Å².